The maximum atomic E-state index is 11.9. The number of nitrogens with one attached hydrogen (secondary N) is 1. The van der Waals surface area contributed by atoms with Crippen molar-refractivity contribution >= 4 is 0 Å². The van der Waals surface area contributed by atoms with Crippen LogP contribution in [0.15, 0.2) is 0 Å². The van der Waals surface area contributed by atoms with Crippen LogP contribution in [-0.4, -0.2) is 30.5 Å². The first kappa shape index (κ1) is 11.9. The lowest BCUT2D eigenvalue weighted by molar-refractivity contribution is 0.105. The zero-order valence-corrected chi connectivity index (χ0v) is 9.06. The summed E-state index contributed by atoms with van der Waals surface area (Å²) in [6, 6.07) is 0. The molecule has 0 aromatic rings. The van der Waals surface area contributed by atoms with Crippen molar-refractivity contribution in [2.24, 2.45) is 5.92 Å². The van der Waals surface area contributed by atoms with Crippen LogP contribution in [0.3, 0.4) is 0 Å². The summed E-state index contributed by atoms with van der Waals surface area (Å²) in [6.45, 7) is 2.85. The Labute approximate surface area is 85.9 Å². The summed E-state index contributed by atoms with van der Waals surface area (Å²) < 4.78 is 11.9. The summed E-state index contributed by atoms with van der Waals surface area (Å²) in [5.41, 5.74) is -0.109. The molecule has 0 atom stereocenters. The molecular weight excluding hydrogens is 181 g/mol. The summed E-state index contributed by atoms with van der Waals surface area (Å²) in [7, 11) is 0. The van der Waals surface area contributed by atoms with Gasteiger partial charge in [0.05, 0.1) is 13.3 Å². The Morgan fingerprint density at radius 2 is 2.07 bits per heavy atom. The minimum absolute atomic E-state index is 0.109. The second-order valence-corrected chi connectivity index (χ2v) is 4.59. The maximum Gasteiger partial charge on any atom is 0.0906 e. The number of rotatable bonds is 5. The number of hydrogen-bond acceptors (Lipinski definition) is 2. The number of alkyl halides is 1. The second-order valence-electron chi connectivity index (χ2n) is 4.59. The lowest BCUT2D eigenvalue weighted by Gasteiger charge is -2.39. The molecule has 1 aliphatic carbocycles. The summed E-state index contributed by atoms with van der Waals surface area (Å²) in [5.74, 6) is 0.776. The molecule has 0 amide bonds. The Morgan fingerprint density at radius 3 is 2.57 bits per heavy atom. The second kappa shape index (κ2) is 5.66. The fraction of sp³-hybridized carbons (Fsp3) is 1.00. The van der Waals surface area contributed by atoms with Gasteiger partial charge in [-0.25, -0.2) is 0 Å². The molecule has 2 nitrogen and oxygen atoms in total. The largest absolute Gasteiger partial charge is 0.394 e. The molecule has 0 bridgehead atoms. The van der Waals surface area contributed by atoms with Gasteiger partial charge in [-0.05, 0) is 44.6 Å². The first-order chi connectivity index (χ1) is 6.72. The molecule has 0 unspecified atom stereocenters. The van der Waals surface area contributed by atoms with Gasteiger partial charge in [0, 0.05) is 5.54 Å². The number of aliphatic hydroxyl groups excluding tert-OH is 1. The fourth-order valence-corrected chi connectivity index (χ4v) is 2.13. The molecule has 0 aromatic carbocycles. The maximum absolute atomic E-state index is 11.9. The minimum atomic E-state index is -0.273. The van der Waals surface area contributed by atoms with Gasteiger partial charge < -0.3 is 10.4 Å². The van der Waals surface area contributed by atoms with E-state index in [4.69, 9.17) is 0 Å². The van der Waals surface area contributed by atoms with Gasteiger partial charge in [0.25, 0.3) is 0 Å². The van der Waals surface area contributed by atoms with Crippen LogP contribution in [0, 0.1) is 5.92 Å². The normalized spacial score (nSPS) is 33.2. The third kappa shape index (κ3) is 3.21. The number of hydrogen-bond donors (Lipinski definition) is 2. The SMILES string of the molecule is CC1CCC(CO)(NCCCF)CC1. The zero-order valence-electron chi connectivity index (χ0n) is 9.06. The van der Waals surface area contributed by atoms with Crippen LogP contribution >= 0.6 is 0 Å². The van der Waals surface area contributed by atoms with Crippen molar-refractivity contribution in [3.05, 3.63) is 0 Å². The first-order valence-corrected chi connectivity index (χ1v) is 5.64. The first-order valence-electron chi connectivity index (χ1n) is 5.64. The molecule has 2 N–H and O–H groups in total. The van der Waals surface area contributed by atoms with Crippen LogP contribution in [0.5, 0.6) is 0 Å². The highest BCUT2D eigenvalue weighted by Gasteiger charge is 2.32. The summed E-state index contributed by atoms with van der Waals surface area (Å²) in [5, 5.41) is 12.7. The van der Waals surface area contributed by atoms with Gasteiger partial charge in [-0.3, -0.25) is 4.39 Å². The van der Waals surface area contributed by atoms with Crippen molar-refractivity contribution in [1.82, 2.24) is 5.32 Å². The van der Waals surface area contributed by atoms with Gasteiger partial charge in [0.1, 0.15) is 0 Å². The molecule has 3 heteroatoms. The predicted molar refractivity (Wildman–Crippen MR) is 56.0 cm³/mol. The average Bonchev–Trinajstić information content (AvgIpc) is 2.22. The van der Waals surface area contributed by atoms with Crippen LogP contribution in [0.25, 0.3) is 0 Å². The smallest absolute Gasteiger partial charge is 0.0906 e. The van der Waals surface area contributed by atoms with Crippen LogP contribution in [-0.2, 0) is 0 Å². The highest BCUT2D eigenvalue weighted by molar-refractivity contribution is 4.91. The highest BCUT2D eigenvalue weighted by Crippen LogP contribution is 2.31. The molecule has 84 valence electrons. The number of aliphatic hydroxyl groups is 1. The summed E-state index contributed by atoms with van der Waals surface area (Å²) in [6.07, 6.45) is 4.94. The van der Waals surface area contributed by atoms with Crippen molar-refractivity contribution in [1.29, 1.82) is 0 Å². The topological polar surface area (TPSA) is 32.3 Å². The molecule has 0 spiro atoms. The Morgan fingerprint density at radius 1 is 1.43 bits per heavy atom. The Hall–Kier alpha value is -0.150. The highest BCUT2D eigenvalue weighted by atomic mass is 19.1. The molecular formula is C11H22FNO. The van der Waals surface area contributed by atoms with Crippen molar-refractivity contribution in [3.63, 3.8) is 0 Å². The van der Waals surface area contributed by atoms with E-state index in [0.717, 1.165) is 18.8 Å². The van der Waals surface area contributed by atoms with Crippen molar-refractivity contribution < 1.29 is 9.50 Å². The van der Waals surface area contributed by atoms with Crippen LogP contribution in [0.4, 0.5) is 4.39 Å². The summed E-state index contributed by atoms with van der Waals surface area (Å²) >= 11 is 0. The predicted octanol–water partition coefficient (Wildman–Crippen LogP) is 1.88. The van der Waals surface area contributed by atoms with Gasteiger partial charge >= 0.3 is 0 Å². The van der Waals surface area contributed by atoms with E-state index in [1.807, 2.05) is 0 Å². The van der Waals surface area contributed by atoms with E-state index in [-0.39, 0.29) is 18.8 Å². The van der Waals surface area contributed by atoms with Gasteiger partial charge in [0.15, 0.2) is 0 Å². The third-order valence-corrected chi connectivity index (χ3v) is 3.34. The van der Waals surface area contributed by atoms with Gasteiger partial charge in [-0.15, -0.1) is 0 Å². The average molecular weight is 203 g/mol. The number of halogens is 1. The van der Waals surface area contributed by atoms with E-state index in [9.17, 15) is 9.50 Å². The van der Waals surface area contributed by atoms with Crippen molar-refractivity contribution in [2.45, 2.75) is 44.6 Å². The Bertz CT molecular complexity index is 155. The molecule has 1 saturated carbocycles. The molecule has 0 radical (unpaired) electrons. The third-order valence-electron chi connectivity index (χ3n) is 3.34. The van der Waals surface area contributed by atoms with Gasteiger partial charge in [0.2, 0.25) is 0 Å². The fourth-order valence-electron chi connectivity index (χ4n) is 2.13. The molecule has 1 aliphatic rings. The lowest BCUT2D eigenvalue weighted by Crippen LogP contribution is -2.51. The van der Waals surface area contributed by atoms with Gasteiger partial charge in [-0.1, -0.05) is 6.92 Å². The Balaban J connectivity index is 2.34. The van der Waals surface area contributed by atoms with Crippen molar-refractivity contribution in [2.75, 3.05) is 19.8 Å². The van der Waals surface area contributed by atoms with E-state index >= 15 is 0 Å². The monoisotopic (exact) mass is 203 g/mol. The van der Waals surface area contributed by atoms with Crippen LogP contribution in [0.2, 0.25) is 0 Å². The lowest BCUT2D eigenvalue weighted by atomic mass is 9.77. The van der Waals surface area contributed by atoms with E-state index in [0.29, 0.717) is 13.0 Å². The molecule has 1 fully saturated rings. The molecule has 1 rings (SSSR count). The van der Waals surface area contributed by atoms with E-state index < -0.39 is 0 Å². The van der Waals surface area contributed by atoms with E-state index in [1.54, 1.807) is 0 Å². The Kier molecular flexibility index (Phi) is 4.82. The molecule has 0 heterocycles. The van der Waals surface area contributed by atoms with E-state index in [2.05, 4.69) is 12.2 Å². The zero-order chi connectivity index (χ0) is 10.4. The molecule has 0 saturated heterocycles. The molecule has 14 heavy (non-hydrogen) atoms. The van der Waals surface area contributed by atoms with Crippen molar-refractivity contribution in [3.8, 4) is 0 Å². The summed E-state index contributed by atoms with van der Waals surface area (Å²) in [4.78, 5) is 0. The standard InChI is InChI=1S/C11H22FNO/c1-10-3-5-11(9-14,6-4-10)13-8-2-7-12/h10,13-14H,2-9H2,1H3. The van der Waals surface area contributed by atoms with E-state index in [1.165, 1.54) is 12.8 Å². The van der Waals surface area contributed by atoms with Crippen LogP contribution < -0.4 is 5.32 Å². The molecule has 0 aromatic heterocycles. The van der Waals surface area contributed by atoms with Gasteiger partial charge in [-0.2, -0.15) is 0 Å². The molecule has 0 aliphatic heterocycles. The van der Waals surface area contributed by atoms with Crippen LogP contribution in [0.1, 0.15) is 39.0 Å². The minimum Gasteiger partial charge on any atom is -0.394 e. The quantitative estimate of drug-likeness (QED) is 0.669.